The molecular weight excluding hydrogens is 438 g/mol. The molecule has 0 aliphatic rings. The number of non-ortho nitro benzene ring substituents is 1. The Morgan fingerprint density at radius 3 is 2.73 bits per heavy atom. The van der Waals surface area contributed by atoms with E-state index in [0.717, 1.165) is 38.4 Å². The van der Waals surface area contributed by atoms with Crippen LogP contribution in [0.15, 0.2) is 76.9 Å². The molecular formula is C24H21N5O3S. The molecule has 4 aromatic rings. The Balaban J connectivity index is 1.40. The lowest BCUT2D eigenvalue weighted by Gasteiger charge is -2.10. The van der Waals surface area contributed by atoms with Gasteiger partial charge < -0.3 is 4.57 Å². The van der Waals surface area contributed by atoms with Crippen LogP contribution in [0.3, 0.4) is 0 Å². The highest BCUT2D eigenvalue weighted by atomic mass is 32.2. The van der Waals surface area contributed by atoms with Crippen molar-refractivity contribution in [2.45, 2.75) is 18.7 Å². The number of benzene rings is 2. The molecule has 8 nitrogen and oxygen atoms in total. The fraction of sp³-hybridized carbons (Fsp3) is 0.125. The summed E-state index contributed by atoms with van der Waals surface area (Å²) < 4.78 is 2.14. The predicted molar refractivity (Wildman–Crippen MR) is 130 cm³/mol. The number of aromatic nitrogens is 2. The van der Waals surface area contributed by atoms with Gasteiger partial charge in [0.15, 0.2) is 0 Å². The van der Waals surface area contributed by atoms with E-state index in [1.165, 1.54) is 23.9 Å². The van der Waals surface area contributed by atoms with E-state index in [1.54, 1.807) is 24.5 Å². The largest absolute Gasteiger partial charge is 0.318 e. The average Bonchev–Trinajstić information content (AvgIpc) is 3.10. The van der Waals surface area contributed by atoms with Crippen molar-refractivity contribution in [1.82, 2.24) is 15.0 Å². The number of thioether (sulfide) groups is 1. The number of amides is 1. The fourth-order valence-corrected chi connectivity index (χ4v) is 4.23. The highest BCUT2D eigenvalue weighted by Crippen LogP contribution is 2.23. The fourth-order valence-electron chi connectivity index (χ4n) is 3.54. The molecule has 33 heavy (non-hydrogen) atoms. The molecule has 0 saturated carbocycles. The van der Waals surface area contributed by atoms with Gasteiger partial charge in [-0.1, -0.05) is 6.07 Å². The molecule has 0 atom stereocenters. The number of rotatable bonds is 7. The summed E-state index contributed by atoms with van der Waals surface area (Å²) in [5, 5.41) is 15.9. The van der Waals surface area contributed by atoms with Gasteiger partial charge >= 0.3 is 0 Å². The van der Waals surface area contributed by atoms with Crippen LogP contribution in [-0.2, 0) is 4.79 Å². The summed E-state index contributed by atoms with van der Waals surface area (Å²) in [5.74, 6) is -0.107. The van der Waals surface area contributed by atoms with Crippen molar-refractivity contribution in [3.05, 3.63) is 93.9 Å². The number of nitrogens with one attached hydrogen (secondary N) is 1. The van der Waals surface area contributed by atoms with E-state index < -0.39 is 4.92 Å². The molecule has 2 aromatic carbocycles. The van der Waals surface area contributed by atoms with Gasteiger partial charge in [-0.3, -0.25) is 19.9 Å². The summed E-state index contributed by atoms with van der Waals surface area (Å²) in [6.07, 6.45) is 3.41. The van der Waals surface area contributed by atoms with Crippen LogP contribution in [0.1, 0.15) is 17.0 Å². The molecule has 4 rings (SSSR count). The quantitative estimate of drug-likeness (QED) is 0.185. The molecule has 0 saturated heterocycles. The standard InChI is InChI=1S/C24H21N5O3S/c1-16-12-19(17(2)28(16)21-7-10-23-18(13-21)4-3-11-25-23)14-26-27-24(30)15-33-22-8-5-20(6-9-22)29(31)32/h3-14H,15H2,1-2H3,(H,27,30)/b26-14-. The molecule has 0 spiro atoms. The monoisotopic (exact) mass is 459 g/mol. The lowest BCUT2D eigenvalue weighted by atomic mass is 10.2. The Morgan fingerprint density at radius 2 is 1.97 bits per heavy atom. The maximum atomic E-state index is 12.1. The molecule has 0 fully saturated rings. The minimum Gasteiger partial charge on any atom is -0.318 e. The van der Waals surface area contributed by atoms with Crippen molar-refractivity contribution in [3.8, 4) is 5.69 Å². The first-order valence-corrected chi connectivity index (χ1v) is 11.1. The van der Waals surface area contributed by atoms with E-state index in [-0.39, 0.29) is 17.3 Å². The van der Waals surface area contributed by atoms with Gasteiger partial charge in [0.1, 0.15) is 0 Å². The lowest BCUT2D eigenvalue weighted by molar-refractivity contribution is -0.384. The zero-order valence-electron chi connectivity index (χ0n) is 18.1. The number of carbonyl (C=O) groups is 1. The van der Waals surface area contributed by atoms with Gasteiger partial charge in [0.05, 0.1) is 22.4 Å². The summed E-state index contributed by atoms with van der Waals surface area (Å²) in [5.41, 5.74) is 7.50. The van der Waals surface area contributed by atoms with Crippen LogP contribution in [-0.4, -0.2) is 32.3 Å². The number of hydrogen-bond acceptors (Lipinski definition) is 6. The lowest BCUT2D eigenvalue weighted by Crippen LogP contribution is -2.19. The van der Waals surface area contributed by atoms with E-state index in [4.69, 9.17) is 0 Å². The number of hydrogen-bond donors (Lipinski definition) is 1. The number of nitrogens with zero attached hydrogens (tertiary/aromatic N) is 4. The Morgan fingerprint density at radius 1 is 1.18 bits per heavy atom. The van der Waals surface area contributed by atoms with Crippen LogP contribution in [0.5, 0.6) is 0 Å². The maximum absolute atomic E-state index is 12.1. The molecule has 2 heterocycles. The smallest absolute Gasteiger partial charge is 0.269 e. The van der Waals surface area contributed by atoms with E-state index in [1.807, 2.05) is 44.2 Å². The minimum atomic E-state index is -0.454. The second kappa shape index (κ2) is 9.66. The number of pyridine rings is 1. The Kier molecular flexibility index (Phi) is 6.50. The van der Waals surface area contributed by atoms with Crippen LogP contribution in [0.4, 0.5) is 5.69 Å². The van der Waals surface area contributed by atoms with E-state index in [9.17, 15) is 14.9 Å². The second-order valence-electron chi connectivity index (χ2n) is 7.38. The summed E-state index contributed by atoms with van der Waals surface area (Å²) in [7, 11) is 0. The first-order valence-electron chi connectivity index (χ1n) is 10.2. The molecule has 0 aliphatic heterocycles. The van der Waals surface area contributed by atoms with Gasteiger partial charge in [-0.05, 0) is 56.3 Å². The van der Waals surface area contributed by atoms with Crippen molar-refractivity contribution in [2.75, 3.05) is 5.75 Å². The van der Waals surface area contributed by atoms with E-state index in [2.05, 4.69) is 26.1 Å². The highest BCUT2D eigenvalue weighted by Gasteiger charge is 2.11. The summed E-state index contributed by atoms with van der Waals surface area (Å²) in [6.45, 7) is 4.03. The molecule has 1 N–H and O–H groups in total. The second-order valence-corrected chi connectivity index (χ2v) is 8.42. The van der Waals surface area contributed by atoms with Crippen LogP contribution in [0, 0.1) is 24.0 Å². The van der Waals surface area contributed by atoms with Crippen LogP contribution < -0.4 is 5.43 Å². The molecule has 0 aliphatic carbocycles. The minimum absolute atomic E-state index is 0.0198. The number of hydrazone groups is 1. The average molecular weight is 460 g/mol. The number of nitro groups is 1. The Hall–Kier alpha value is -3.98. The first kappa shape index (κ1) is 22.2. The maximum Gasteiger partial charge on any atom is 0.269 e. The van der Waals surface area contributed by atoms with Gasteiger partial charge in [0.25, 0.3) is 5.69 Å². The van der Waals surface area contributed by atoms with Crippen molar-refractivity contribution < 1.29 is 9.72 Å². The van der Waals surface area contributed by atoms with Gasteiger partial charge in [-0.25, -0.2) is 5.43 Å². The van der Waals surface area contributed by atoms with Crippen molar-refractivity contribution in [2.24, 2.45) is 5.10 Å². The van der Waals surface area contributed by atoms with Gasteiger partial charge in [0, 0.05) is 51.2 Å². The summed E-state index contributed by atoms with van der Waals surface area (Å²) in [4.78, 5) is 27.5. The topological polar surface area (TPSA) is 102 Å². The molecule has 1 amide bonds. The van der Waals surface area contributed by atoms with Crippen molar-refractivity contribution in [1.29, 1.82) is 0 Å². The SMILES string of the molecule is Cc1cc(/C=N\NC(=O)CSc2ccc([N+](=O)[O-])cc2)c(C)n1-c1ccc2ncccc2c1. The molecule has 9 heteroatoms. The number of aryl methyl sites for hydroxylation is 1. The summed E-state index contributed by atoms with van der Waals surface area (Å²) in [6, 6.07) is 18.2. The molecule has 2 aromatic heterocycles. The Labute approximate surface area is 194 Å². The predicted octanol–water partition coefficient (Wildman–Crippen LogP) is 4.79. The first-order chi connectivity index (χ1) is 15.9. The molecule has 0 unspecified atom stereocenters. The zero-order valence-corrected chi connectivity index (χ0v) is 18.9. The van der Waals surface area contributed by atoms with Gasteiger partial charge in [0.2, 0.25) is 5.91 Å². The third-order valence-electron chi connectivity index (χ3n) is 5.13. The summed E-state index contributed by atoms with van der Waals surface area (Å²) >= 11 is 1.29. The Bertz CT molecular complexity index is 1360. The van der Waals surface area contributed by atoms with Crippen LogP contribution >= 0.6 is 11.8 Å². The van der Waals surface area contributed by atoms with Crippen molar-refractivity contribution in [3.63, 3.8) is 0 Å². The van der Waals surface area contributed by atoms with Crippen LogP contribution in [0.2, 0.25) is 0 Å². The van der Waals surface area contributed by atoms with Crippen molar-refractivity contribution >= 4 is 40.5 Å². The molecule has 0 radical (unpaired) electrons. The normalized spacial score (nSPS) is 11.2. The molecule has 166 valence electrons. The van der Waals surface area contributed by atoms with Gasteiger partial charge in [-0.2, -0.15) is 5.10 Å². The number of carbonyl (C=O) groups excluding carboxylic acids is 1. The third kappa shape index (κ3) is 5.09. The third-order valence-corrected chi connectivity index (χ3v) is 6.14. The zero-order chi connectivity index (χ0) is 23.4. The van der Waals surface area contributed by atoms with E-state index >= 15 is 0 Å². The van der Waals surface area contributed by atoms with Gasteiger partial charge in [-0.15, -0.1) is 11.8 Å². The number of nitro benzene ring substituents is 1. The van der Waals surface area contributed by atoms with E-state index in [0.29, 0.717) is 0 Å². The molecule has 0 bridgehead atoms. The number of fused-ring (bicyclic) bond motifs is 1. The van der Waals surface area contributed by atoms with Crippen LogP contribution in [0.25, 0.3) is 16.6 Å². The highest BCUT2D eigenvalue weighted by molar-refractivity contribution is 8.00.